The Balaban J connectivity index is 2.16. The summed E-state index contributed by atoms with van der Waals surface area (Å²) in [7, 11) is -3.19. The molecule has 0 radical (unpaired) electrons. The Morgan fingerprint density at radius 2 is 1.78 bits per heavy atom. The van der Waals surface area contributed by atoms with Gasteiger partial charge in [-0.3, -0.25) is 9.59 Å². The summed E-state index contributed by atoms with van der Waals surface area (Å²) in [5, 5.41) is 5.42. The van der Waals surface area contributed by atoms with Crippen molar-refractivity contribution in [2.45, 2.75) is 57.9 Å². The summed E-state index contributed by atoms with van der Waals surface area (Å²) in [6.45, 7) is 2.30. The summed E-state index contributed by atoms with van der Waals surface area (Å²) in [5.41, 5.74) is 0. The van der Waals surface area contributed by atoms with Gasteiger partial charge in [-0.15, -0.1) is 0 Å². The quantitative estimate of drug-likeness (QED) is 0.529. The van der Waals surface area contributed by atoms with Crippen LogP contribution in [0.15, 0.2) is 0 Å². The number of amides is 2. The van der Waals surface area contributed by atoms with E-state index in [0.29, 0.717) is 25.3 Å². The van der Waals surface area contributed by atoms with E-state index in [9.17, 15) is 18.0 Å². The topological polar surface area (TPSA) is 104 Å². The van der Waals surface area contributed by atoms with Crippen molar-refractivity contribution in [3.63, 3.8) is 0 Å². The molecule has 3 N–H and O–H groups in total. The molecule has 23 heavy (non-hydrogen) atoms. The molecule has 1 atom stereocenters. The van der Waals surface area contributed by atoms with Gasteiger partial charge >= 0.3 is 0 Å². The van der Waals surface area contributed by atoms with E-state index in [2.05, 4.69) is 15.4 Å². The molecule has 1 saturated carbocycles. The highest BCUT2D eigenvalue weighted by molar-refractivity contribution is 7.88. The molecule has 0 saturated heterocycles. The van der Waals surface area contributed by atoms with Crippen molar-refractivity contribution >= 4 is 21.8 Å². The summed E-state index contributed by atoms with van der Waals surface area (Å²) in [5.74, 6) is 0.126. The summed E-state index contributed by atoms with van der Waals surface area (Å²) in [6, 6.07) is -0.575. The Bertz CT molecular complexity index is 487. The van der Waals surface area contributed by atoms with Crippen LogP contribution in [0.2, 0.25) is 0 Å². The molecule has 0 aromatic heterocycles. The van der Waals surface area contributed by atoms with Gasteiger partial charge in [0, 0.05) is 19.5 Å². The van der Waals surface area contributed by atoms with Crippen LogP contribution in [0, 0.1) is 5.92 Å². The van der Waals surface area contributed by atoms with Crippen molar-refractivity contribution in [3.05, 3.63) is 0 Å². The van der Waals surface area contributed by atoms with Crippen LogP contribution < -0.4 is 15.4 Å². The second kappa shape index (κ2) is 9.87. The molecule has 8 heteroatoms. The first kappa shape index (κ1) is 19.9. The van der Waals surface area contributed by atoms with Gasteiger partial charge in [-0.25, -0.2) is 13.1 Å². The van der Waals surface area contributed by atoms with Crippen molar-refractivity contribution in [1.29, 1.82) is 0 Å². The van der Waals surface area contributed by atoms with Gasteiger partial charge in [0.2, 0.25) is 21.8 Å². The van der Waals surface area contributed by atoms with Gasteiger partial charge in [0.1, 0.15) is 6.04 Å². The van der Waals surface area contributed by atoms with E-state index in [1.807, 2.05) is 0 Å². The third-order valence-electron chi connectivity index (χ3n) is 3.99. The minimum Gasteiger partial charge on any atom is -0.354 e. The molecule has 0 aromatic carbocycles. The molecule has 2 amide bonds. The van der Waals surface area contributed by atoms with Crippen LogP contribution >= 0.6 is 0 Å². The van der Waals surface area contributed by atoms with Crippen molar-refractivity contribution in [3.8, 4) is 0 Å². The molecule has 0 heterocycles. The Labute approximate surface area is 139 Å². The monoisotopic (exact) mass is 347 g/mol. The van der Waals surface area contributed by atoms with E-state index in [1.54, 1.807) is 6.92 Å². The molecule has 0 aromatic rings. The van der Waals surface area contributed by atoms with Crippen molar-refractivity contribution < 1.29 is 18.0 Å². The minimum atomic E-state index is -3.19. The zero-order chi connectivity index (χ0) is 17.3. The zero-order valence-electron chi connectivity index (χ0n) is 14.1. The first-order valence-corrected chi connectivity index (χ1v) is 10.2. The highest BCUT2D eigenvalue weighted by Crippen LogP contribution is 2.26. The standard InChI is InChI=1S/C15H29N3O4S/c1-12(15(20)16-9-6-10-17-23(2,21)22)18-14(19)11-13-7-4-3-5-8-13/h12-13,17H,3-11H2,1-2H3,(H,16,20)(H,18,19). The molecule has 7 nitrogen and oxygen atoms in total. The third-order valence-corrected chi connectivity index (χ3v) is 4.72. The average molecular weight is 347 g/mol. The molecular weight excluding hydrogens is 318 g/mol. The van der Waals surface area contributed by atoms with Gasteiger partial charge in [0.05, 0.1) is 6.26 Å². The third kappa shape index (κ3) is 9.55. The fraction of sp³-hybridized carbons (Fsp3) is 0.867. The lowest BCUT2D eigenvalue weighted by Crippen LogP contribution is -2.45. The van der Waals surface area contributed by atoms with Gasteiger partial charge in [0.25, 0.3) is 0 Å². The molecule has 0 bridgehead atoms. The number of carbonyl (C=O) groups excluding carboxylic acids is 2. The lowest BCUT2D eigenvalue weighted by molar-refractivity contribution is -0.129. The maximum absolute atomic E-state index is 11.9. The second-order valence-electron chi connectivity index (χ2n) is 6.31. The minimum absolute atomic E-state index is 0.0710. The van der Waals surface area contributed by atoms with Crippen LogP contribution in [0.4, 0.5) is 0 Å². The van der Waals surface area contributed by atoms with E-state index in [-0.39, 0.29) is 18.4 Å². The molecular formula is C15H29N3O4S. The van der Waals surface area contributed by atoms with E-state index in [0.717, 1.165) is 19.1 Å². The first-order chi connectivity index (χ1) is 10.8. The maximum atomic E-state index is 11.9. The predicted molar refractivity (Wildman–Crippen MR) is 89.3 cm³/mol. The summed E-state index contributed by atoms with van der Waals surface area (Å²) < 4.78 is 24.1. The smallest absolute Gasteiger partial charge is 0.242 e. The van der Waals surface area contributed by atoms with Crippen LogP contribution in [0.5, 0.6) is 0 Å². The van der Waals surface area contributed by atoms with E-state index < -0.39 is 16.1 Å². The maximum Gasteiger partial charge on any atom is 0.242 e. The van der Waals surface area contributed by atoms with Gasteiger partial charge in [-0.1, -0.05) is 19.3 Å². The Morgan fingerprint density at radius 3 is 2.39 bits per heavy atom. The lowest BCUT2D eigenvalue weighted by atomic mass is 9.87. The normalized spacial score (nSPS) is 17.5. The second-order valence-corrected chi connectivity index (χ2v) is 8.14. The Morgan fingerprint density at radius 1 is 1.13 bits per heavy atom. The van der Waals surface area contributed by atoms with Crippen LogP contribution in [-0.4, -0.2) is 45.6 Å². The highest BCUT2D eigenvalue weighted by Gasteiger charge is 2.20. The van der Waals surface area contributed by atoms with Gasteiger partial charge < -0.3 is 10.6 Å². The number of carbonyl (C=O) groups is 2. The van der Waals surface area contributed by atoms with Crippen LogP contribution in [0.1, 0.15) is 51.9 Å². The molecule has 1 aliphatic rings. The fourth-order valence-electron chi connectivity index (χ4n) is 2.73. The van der Waals surface area contributed by atoms with E-state index >= 15 is 0 Å². The zero-order valence-corrected chi connectivity index (χ0v) is 14.9. The van der Waals surface area contributed by atoms with Gasteiger partial charge in [-0.05, 0) is 32.1 Å². The summed E-state index contributed by atoms with van der Waals surface area (Å²) >= 11 is 0. The Kier molecular flexibility index (Phi) is 8.54. The van der Waals surface area contributed by atoms with Crippen LogP contribution in [0.25, 0.3) is 0 Å². The fourth-order valence-corrected chi connectivity index (χ4v) is 3.25. The molecule has 1 unspecified atom stereocenters. The number of nitrogens with one attached hydrogen (secondary N) is 3. The SMILES string of the molecule is CC(NC(=O)CC1CCCCC1)C(=O)NCCCNS(C)(=O)=O. The van der Waals surface area contributed by atoms with Crippen LogP contribution in [0.3, 0.4) is 0 Å². The molecule has 0 spiro atoms. The summed E-state index contributed by atoms with van der Waals surface area (Å²) in [4.78, 5) is 23.8. The van der Waals surface area contributed by atoms with E-state index in [4.69, 9.17) is 0 Å². The first-order valence-electron chi connectivity index (χ1n) is 8.29. The predicted octanol–water partition coefficient (Wildman–Crippen LogP) is 0.517. The van der Waals surface area contributed by atoms with E-state index in [1.165, 1.54) is 19.3 Å². The number of hydrogen-bond acceptors (Lipinski definition) is 4. The molecule has 1 aliphatic carbocycles. The molecule has 1 rings (SSSR count). The van der Waals surface area contributed by atoms with Crippen molar-refractivity contribution in [2.24, 2.45) is 5.92 Å². The highest BCUT2D eigenvalue weighted by atomic mass is 32.2. The van der Waals surface area contributed by atoms with Crippen molar-refractivity contribution in [2.75, 3.05) is 19.3 Å². The number of rotatable bonds is 9. The molecule has 1 fully saturated rings. The number of hydrogen-bond donors (Lipinski definition) is 3. The number of sulfonamides is 1. The molecule has 134 valence electrons. The average Bonchev–Trinajstić information content (AvgIpc) is 2.46. The largest absolute Gasteiger partial charge is 0.354 e. The van der Waals surface area contributed by atoms with Crippen LogP contribution in [-0.2, 0) is 19.6 Å². The molecule has 0 aliphatic heterocycles. The van der Waals surface area contributed by atoms with Gasteiger partial charge in [0.15, 0.2) is 0 Å². The summed E-state index contributed by atoms with van der Waals surface area (Å²) in [6.07, 6.45) is 7.92. The Hall–Kier alpha value is -1.15. The van der Waals surface area contributed by atoms with Gasteiger partial charge in [-0.2, -0.15) is 0 Å². The van der Waals surface area contributed by atoms with Crippen molar-refractivity contribution in [1.82, 2.24) is 15.4 Å². The lowest BCUT2D eigenvalue weighted by Gasteiger charge is -2.22.